The van der Waals surface area contributed by atoms with Gasteiger partial charge >= 0.3 is 0 Å². The van der Waals surface area contributed by atoms with Crippen LogP contribution in [0, 0.1) is 6.92 Å². The number of hydrogen-bond donors (Lipinski definition) is 3. The molecule has 0 bridgehead atoms. The number of hydrazine groups is 1. The van der Waals surface area contributed by atoms with Crippen LogP contribution < -0.4 is 16.2 Å². The zero-order valence-corrected chi connectivity index (χ0v) is 16.8. The Balaban J connectivity index is 1.39. The van der Waals surface area contributed by atoms with Gasteiger partial charge in [-0.3, -0.25) is 25.6 Å². The lowest BCUT2D eigenvalue weighted by atomic mass is 10.1. The number of hydrogen-bond acceptors (Lipinski definition) is 6. The van der Waals surface area contributed by atoms with Gasteiger partial charge in [-0.05, 0) is 42.9 Å². The van der Waals surface area contributed by atoms with Crippen LogP contribution in [-0.4, -0.2) is 27.2 Å². The number of nitrogens with zero attached hydrogens (tertiary/aromatic N) is 3. The number of aliphatic imine (C=N–C) groups is 1. The molecule has 146 valence electrons. The number of aryl methyl sites for hydroxylation is 1. The van der Waals surface area contributed by atoms with Gasteiger partial charge in [-0.15, -0.1) is 0 Å². The van der Waals surface area contributed by atoms with Crippen molar-refractivity contribution >= 4 is 46.7 Å². The van der Waals surface area contributed by atoms with Gasteiger partial charge in [-0.1, -0.05) is 17.7 Å². The van der Waals surface area contributed by atoms with E-state index in [2.05, 4.69) is 31.1 Å². The number of fused-ring (bicyclic) bond motifs is 1. The Hall–Kier alpha value is -3.30. The van der Waals surface area contributed by atoms with Gasteiger partial charge in [0.25, 0.3) is 5.91 Å². The highest BCUT2D eigenvalue weighted by Crippen LogP contribution is 2.30. The first-order chi connectivity index (χ1) is 14.0. The van der Waals surface area contributed by atoms with E-state index in [1.54, 1.807) is 18.3 Å². The van der Waals surface area contributed by atoms with Gasteiger partial charge in [0.05, 0.1) is 22.9 Å². The van der Waals surface area contributed by atoms with Gasteiger partial charge < -0.3 is 9.73 Å². The number of carbonyl (C=O) groups is 1. The number of benzene rings is 1. The van der Waals surface area contributed by atoms with E-state index >= 15 is 0 Å². The number of anilines is 1. The van der Waals surface area contributed by atoms with Crippen LogP contribution in [0.15, 0.2) is 46.1 Å². The maximum absolute atomic E-state index is 12.4. The first kappa shape index (κ1) is 19.0. The number of pyridine rings is 1. The van der Waals surface area contributed by atoms with Crippen LogP contribution in [0.2, 0.25) is 5.02 Å². The van der Waals surface area contributed by atoms with Crippen LogP contribution >= 0.6 is 23.8 Å². The van der Waals surface area contributed by atoms with Crippen LogP contribution in [0.5, 0.6) is 0 Å². The summed E-state index contributed by atoms with van der Waals surface area (Å²) in [5.74, 6) is -0.0506. The minimum absolute atomic E-state index is 0.188. The van der Waals surface area contributed by atoms with Crippen molar-refractivity contribution in [2.75, 3.05) is 5.32 Å². The summed E-state index contributed by atoms with van der Waals surface area (Å²) in [5.41, 5.74) is 9.29. The quantitative estimate of drug-likeness (QED) is 0.436. The summed E-state index contributed by atoms with van der Waals surface area (Å²) < 4.78 is 5.32. The molecule has 2 aromatic heterocycles. The minimum Gasteiger partial charge on any atom is -0.443 e. The van der Waals surface area contributed by atoms with Gasteiger partial charge in [-0.25, -0.2) is 4.98 Å². The predicted molar refractivity (Wildman–Crippen MR) is 114 cm³/mol. The monoisotopic (exact) mass is 426 g/mol. The SMILES string of the molecule is Cc1coc(-c2cc(C(=O)NNC(=S)Nc3ccc4c(c3Cl)C=NC4)ccn2)n1. The van der Waals surface area contributed by atoms with Crippen molar-refractivity contribution < 1.29 is 9.21 Å². The second kappa shape index (κ2) is 7.98. The second-order valence-corrected chi connectivity index (χ2v) is 7.01. The minimum atomic E-state index is -0.395. The Morgan fingerprint density at radius 2 is 2.14 bits per heavy atom. The number of oxazole rings is 1. The molecule has 8 nitrogen and oxygen atoms in total. The number of halogens is 1. The Kier molecular flexibility index (Phi) is 5.24. The molecule has 0 atom stereocenters. The Morgan fingerprint density at radius 1 is 1.28 bits per heavy atom. The van der Waals surface area contributed by atoms with Crippen molar-refractivity contribution in [3.05, 3.63) is 64.1 Å². The fraction of sp³-hybridized carbons (Fsp3) is 0.105. The van der Waals surface area contributed by atoms with Gasteiger partial charge in [0.15, 0.2) is 5.11 Å². The van der Waals surface area contributed by atoms with Crippen molar-refractivity contribution in [2.24, 2.45) is 4.99 Å². The van der Waals surface area contributed by atoms with Crippen LogP contribution in [0.1, 0.15) is 27.2 Å². The number of aromatic nitrogens is 2. The lowest BCUT2D eigenvalue weighted by Gasteiger charge is -2.14. The largest absolute Gasteiger partial charge is 0.443 e. The molecule has 0 saturated heterocycles. The number of carbonyl (C=O) groups excluding carboxylic acids is 1. The summed E-state index contributed by atoms with van der Waals surface area (Å²) in [7, 11) is 0. The summed E-state index contributed by atoms with van der Waals surface area (Å²) in [6, 6.07) is 6.90. The summed E-state index contributed by atoms with van der Waals surface area (Å²) in [4.78, 5) is 25.0. The van der Waals surface area contributed by atoms with Crippen molar-refractivity contribution in [1.82, 2.24) is 20.8 Å². The van der Waals surface area contributed by atoms with E-state index in [0.29, 0.717) is 34.4 Å². The number of rotatable bonds is 3. The molecule has 3 N–H and O–H groups in total. The zero-order chi connectivity index (χ0) is 20.4. The molecular weight excluding hydrogens is 412 g/mol. The van der Waals surface area contributed by atoms with Crippen LogP contribution in [0.25, 0.3) is 11.6 Å². The molecule has 0 spiro atoms. The first-order valence-electron chi connectivity index (χ1n) is 8.58. The first-order valence-corrected chi connectivity index (χ1v) is 9.37. The molecule has 29 heavy (non-hydrogen) atoms. The molecule has 4 rings (SSSR count). The highest BCUT2D eigenvalue weighted by Gasteiger charge is 2.15. The zero-order valence-electron chi connectivity index (χ0n) is 15.2. The van der Waals surface area contributed by atoms with Crippen molar-refractivity contribution in [1.29, 1.82) is 0 Å². The van der Waals surface area contributed by atoms with E-state index in [-0.39, 0.29) is 5.11 Å². The normalized spacial score (nSPS) is 11.8. The molecule has 0 fully saturated rings. The molecule has 0 radical (unpaired) electrons. The Bertz CT molecular complexity index is 1140. The van der Waals surface area contributed by atoms with Gasteiger partial charge in [0.1, 0.15) is 12.0 Å². The molecule has 1 amide bonds. The Morgan fingerprint density at radius 3 is 2.93 bits per heavy atom. The van der Waals surface area contributed by atoms with E-state index in [9.17, 15) is 4.79 Å². The molecule has 0 aliphatic carbocycles. The highest BCUT2D eigenvalue weighted by molar-refractivity contribution is 7.80. The third-order valence-electron chi connectivity index (χ3n) is 4.15. The van der Waals surface area contributed by atoms with Gasteiger partial charge in [0, 0.05) is 23.5 Å². The molecular formula is C19H15ClN6O2S. The third-order valence-corrected chi connectivity index (χ3v) is 4.76. The number of nitrogens with one attached hydrogen (secondary N) is 3. The van der Waals surface area contributed by atoms with E-state index in [4.69, 9.17) is 28.2 Å². The number of amides is 1. The summed E-state index contributed by atoms with van der Waals surface area (Å²) in [6.07, 6.45) is 4.76. The van der Waals surface area contributed by atoms with Crippen molar-refractivity contribution in [3.63, 3.8) is 0 Å². The topological polar surface area (TPSA) is 104 Å². The van der Waals surface area contributed by atoms with E-state index in [1.165, 1.54) is 12.5 Å². The molecule has 0 saturated carbocycles. The third kappa shape index (κ3) is 4.10. The average molecular weight is 427 g/mol. The predicted octanol–water partition coefficient (Wildman–Crippen LogP) is 3.26. The van der Waals surface area contributed by atoms with Gasteiger partial charge in [-0.2, -0.15) is 0 Å². The fourth-order valence-corrected chi connectivity index (χ4v) is 3.18. The highest BCUT2D eigenvalue weighted by atomic mass is 35.5. The molecule has 1 aliphatic rings. The maximum Gasteiger partial charge on any atom is 0.269 e. The summed E-state index contributed by atoms with van der Waals surface area (Å²) in [5, 5.41) is 3.68. The lowest BCUT2D eigenvalue weighted by molar-refractivity contribution is 0.0944. The van der Waals surface area contributed by atoms with Crippen LogP contribution in [-0.2, 0) is 6.54 Å². The molecule has 1 aliphatic heterocycles. The van der Waals surface area contributed by atoms with E-state index in [0.717, 1.165) is 16.8 Å². The van der Waals surface area contributed by atoms with E-state index < -0.39 is 5.91 Å². The summed E-state index contributed by atoms with van der Waals surface area (Å²) >= 11 is 11.6. The summed E-state index contributed by atoms with van der Waals surface area (Å²) in [6.45, 7) is 2.43. The average Bonchev–Trinajstić information content (AvgIpc) is 3.38. The Labute approximate surface area is 176 Å². The smallest absolute Gasteiger partial charge is 0.269 e. The molecule has 0 unspecified atom stereocenters. The second-order valence-electron chi connectivity index (χ2n) is 6.23. The van der Waals surface area contributed by atoms with E-state index in [1.807, 2.05) is 19.1 Å². The van der Waals surface area contributed by atoms with Crippen LogP contribution in [0.4, 0.5) is 5.69 Å². The standard InChI is InChI=1S/C19H15ClN6O2S/c1-10-9-28-18(23-10)15-6-11(4-5-22-15)17(27)25-26-19(29)24-14-3-2-12-7-21-8-13(12)16(14)20/h2-6,8-9H,7H2,1H3,(H,25,27)(H2,24,26,29). The van der Waals surface area contributed by atoms with Crippen molar-refractivity contribution in [2.45, 2.75) is 13.5 Å². The molecule has 3 heterocycles. The van der Waals surface area contributed by atoms with Gasteiger partial charge in [0.2, 0.25) is 5.89 Å². The molecule has 1 aromatic carbocycles. The fourth-order valence-electron chi connectivity index (χ4n) is 2.74. The lowest BCUT2D eigenvalue weighted by Crippen LogP contribution is -2.43. The van der Waals surface area contributed by atoms with Crippen LogP contribution in [0.3, 0.4) is 0 Å². The molecule has 3 aromatic rings. The maximum atomic E-state index is 12.4. The van der Waals surface area contributed by atoms with Crippen molar-refractivity contribution in [3.8, 4) is 11.6 Å². The molecule has 10 heteroatoms. The number of thiocarbonyl (C=S) groups is 1.